The molecule has 1 aliphatic rings. The van der Waals surface area contributed by atoms with E-state index in [1.807, 2.05) is 25.1 Å². The number of ether oxygens (including phenoxy) is 2. The van der Waals surface area contributed by atoms with E-state index < -0.39 is 5.60 Å². The lowest BCUT2D eigenvalue weighted by atomic mass is 10.1. The second-order valence-electron chi connectivity index (χ2n) is 5.13. The van der Waals surface area contributed by atoms with Crippen molar-refractivity contribution in [2.75, 3.05) is 45.3 Å². The molecule has 2 rings (SSSR count). The Hall–Kier alpha value is -1.46. The zero-order valence-electron chi connectivity index (χ0n) is 11.8. The third-order valence-corrected chi connectivity index (χ3v) is 3.33. The number of anilines is 1. The second-order valence-corrected chi connectivity index (χ2v) is 5.13. The minimum absolute atomic E-state index is 0.593. The molecule has 0 aliphatic carbocycles. The second kappa shape index (κ2) is 5.67. The van der Waals surface area contributed by atoms with Gasteiger partial charge in [-0.05, 0) is 19.1 Å². The largest absolute Gasteiger partial charge is 0.493 e. The third kappa shape index (κ3) is 3.30. The van der Waals surface area contributed by atoms with Crippen molar-refractivity contribution in [2.24, 2.45) is 0 Å². The summed E-state index contributed by atoms with van der Waals surface area (Å²) in [5.74, 6) is 1.42. The van der Waals surface area contributed by atoms with Gasteiger partial charge >= 0.3 is 0 Å². The van der Waals surface area contributed by atoms with Crippen LogP contribution in [0.15, 0.2) is 18.2 Å². The number of benzene rings is 1. The van der Waals surface area contributed by atoms with E-state index in [9.17, 15) is 5.11 Å². The minimum atomic E-state index is -0.732. The zero-order chi connectivity index (χ0) is 13.9. The summed E-state index contributed by atoms with van der Waals surface area (Å²) in [6.07, 6.45) is 0. The Morgan fingerprint density at radius 3 is 2.68 bits per heavy atom. The molecule has 1 aromatic rings. The Bertz CT molecular complexity index is 435. The number of aliphatic hydroxyl groups is 1. The van der Waals surface area contributed by atoms with Crippen LogP contribution in [0.4, 0.5) is 5.69 Å². The maximum atomic E-state index is 10.3. The highest BCUT2D eigenvalue weighted by atomic mass is 16.5. The molecule has 0 spiro atoms. The monoisotopic (exact) mass is 266 g/mol. The highest BCUT2D eigenvalue weighted by Gasteiger charge is 2.27. The van der Waals surface area contributed by atoms with Gasteiger partial charge in [-0.3, -0.25) is 0 Å². The number of hydrogen-bond acceptors (Lipinski definition) is 5. The summed E-state index contributed by atoms with van der Waals surface area (Å²) in [4.78, 5) is 2.15. The molecule has 0 amide bonds. The summed E-state index contributed by atoms with van der Waals surface area (Å²) in [6.45, 7) is 4.75. The fraction of sp³-hybridized carbons (Fsp3) is 0.571. The van der Waals surface area contributed by atoms with E-state index in [0.29, 0.717) is 24.6 Å². The van der Waals surface area contributed by atoms with Gasteiger partial charge in [-0.2, -0.15) is 0 Å². The third-order valence-electron chi connectivity index (χ3n) is 3.33. The van der Waals surface area contributed by atoms with E-state index in [1.54, 1.807) is 14.2 Å². The van der Waals surface area contributed by atoms with E-state index in [-0.39, 0.29) is 0 Å². The number of hydrogen-bond donors (Lipinski definition) is 2. The Kier molecular flexibility index (Phi) is 4.17. The SMILES string of the molecule is COc1ccc(N2CCNCC(C)(O)C2)cc1OC. The molecule has 2 N–H and O–H groups in total. The molecule has 1 heterocycles. The van der Waals surface area contributed by atoms with Crippen molar-refractivity contribution < 1.29 is 14.6 Å². The molecule has 0 radical (unpaired) electrons. The van der Waals surface area contributed by atoms with Gasteiger partial charge in [-0.1, -0.05) is 0 Å². The molecule has 1 aromatic carbocycles. The first-order valence-corrected chi connectivity index (χ1v) is 6.46. The summed E-state index contributed by atoms with van der Waals surface area (Å²) < 4.78 is 10.6. The minimum Gasteiger partial charge on any atom is -0.493 e. The molecule has 0 aromatic heterocycles. The molecular weight excluding hydrogens is 244 g/mol. The van der Waals surface area contributed by atoms with Crippen LogP contribution in [0.25, 0.3) is 0 Å². The summed E-state index contributed by atoms with van der Waals surface area (Å²) >= 11 is 0. The van der Waals surface area contributed by atoms with Gasteiger partial charge in [0.15, 0.2) is 11.5 Å². The van der Waals surface area contributed by atoms with Crippen molar-refractivity contribution >= 4 is 5.69 Å². The van der Waals surface area contributed by atoms with Gasteiger partial charge in [0.1, 0.15) is 0 Å². The average molecular weight is 266 g/mol. The van der Waals surface area contributed by atoms with Crippen molar-refractivity contribution in [3.63, 3.8) is 0 Å². The lowest BCUT2D eigenvalue weighted by Gasteiger charge is -2.29. The van der Waals surface area contributed by atoms with E-state index in [2.05, 4.69) is 10.2 Å². The average Bonchev–Trinajstić information content (AvgIpc) is 2.58. The number of nitrogens with zero attached hydrogens (tertiary/aromatic N) is 1. The number of β-amino-alcohol motifs (C(OH)–C–C–N with tert-alkyl or cyclic N) is 1. The van der Waals surface area contributed by atoms with Gasteiger partial charge in [-0.25, -0.2) is 0 Å². The van der Waals surface area contributed by atoms with Crippen molar-refractivity contribution in [3.8, 4) is 11.5 Å². The van der Waals surface area contributed by atoms with E-state index >= 15 is 0 Å². The van der Waals surface area contributed by atoms with Crippen LogP contribution in [0.1, 0.15) is 6.92 Å². The molecule has 0 saturated carbocycles. The maximum absolute atomic E-state index is 10.3. The molecule has 0 bridgehead atoms. The van der Waals surface area contributed by atoms with Crippen molar-refractivity contribution in [3.05, 3.63) is 18.2 Å². The summed E-state index contributed by atoms with van der Waals surface area (Å²) in [6, 6.07) is 5.82. The highest BCUT2D eigenvalue weighted by molar-refractivity contribution is 5.56. The highest BCUT2D eigenvalue weighted by Crippen LogP contribution is 2.32. The van der Waals surface area contributed by atoms with Gasteiger partial charge in [0.25, 0.3) is 0 Å². The van der Waals surface area contributed by atoms with Crippen LogP contribution in [0, 0.1) is 0 Å². The number of rotatable bonds is 3. The van der Waals surface area contributed by atoms with Gasteiger partial charge in [-0.15, -0.1) is 0 Å². The van der Waals surface area contributed by atoms with Crippen molar-refractivity contribution in [2.45, 2.75) is 12.5 Å². The van der Waals surface area contributed by atoms with Gasteiger partial charge in [0, 0.05) is 37.9 Å². The Labute approximate surface area is 114 Å². The molecule has 1 fully saturated rings. The maximum Gasteiger partial charge on any atom is 0.162 e. The predicted molar refractivity (Wildman–Crippen MR) is 75.3 cm³/mol. The molecular formula is C14H22N2O3. The summed E-state index contributed by atoms with van der Waals surface area (Å²) in [5, 5.41) is 13.5. The first-order chi connectivity index (χ1) is 9.05. The summed E-state index contributed by atoms with van der Waals surface area (Å²) in [5.41, 5.74) is 0.297. The smallest absolute Gasteiger partial charge is 0.162 e. The Balaban J connectivity index is 2.25. The quantitative estimate of drug-likeness (QED) is 0.850. The standard InChI is InChI=1S/C14H22N2O3/c1-14(17)9-15-6-7-16(10-14)11-4-5-12(18-2)13(8-11)19-3/h4-5,8,15,17H,6-7,9-10H2,1-3H3. The predicted octanol–water partition coefficient (Wildman–Crippen LogP) is 0.864. The fourth-order valence-electron chi connectivity index (χ4n) is 2.36. The van der Waals surface area contributed by atoms with Crippen LogP contribution in [0.5, 0.6) is 11.5 Å². The van der Waals surface area contributed by atoms with Crippen LogP contribution >= 0.6 is 0 Å². The molecule has 106 valence electrons. The normalized spacial score (nSPS) is 23.9. The Morgan fingerprint density at radius 2 is 2.00 bits per heavy atom. The first kappa shape index (κ1) is 14.0. The van der Waals surface area contributed by atoms with E-state index in [4.69, 9.17) is 9.47 Å². The van der Waals surface area contributed by atoms with Crippen molar-refractivity contribution in [1.29, 1.82) is 0 Å². The molecule has 1 saturated heterocycles. The number of methoxy groups -OCH3 is 2. The Morgan fingerprint density at radius 1 is 1.26 bits per heavy atom. The van der Waals surface area contributed by atoms with Crippen LogP contribution in [0.3, 0.4) is 0 Å². The molecule has 1 atom stereocenters. The van der Waals surface area contributed by atoms with Gasteiger partial charge in [0.05, 0.1) is 19.8 Å². The first-order valence-electron chi connectivity index (χ1n) is 6.46. The van der Waals surface area contributed by atoms with Crippen LogP contribution in [-0.4, -0.2) is 51.1 Å². The van der Waals surface area contributed by atoms with E-state index in [0.717, 1.165) is 18.8 Å². The van der Waals surface area contributed by atoms with E-state index in [1.165, 1.54) is 0 Å². The topological polar surface area (TPSA) is 54.0 Å². The fourth-order valence-corrected chi connectivity index (χ4v) is 2.36. The lowest BCUT2D eigenvalue weighted by Crippen LogP contribution is -2.43. The van der Waals surface area contributed by atoms with Crippen LogP contribution < -0.4 is 19.7 Å². The van der Waals surface area contributed by atoms with Crippen molar-refractivity contribution in [1.82, 2.24) is 5.32 Å². The molecule has 1 aliphatic heterocycles. The lowest BCUT2D eigenvalue weighted by molar-refractivity contribution is 0.0729. The molecule has 5 nitrogen and oxygen atoms in total. The summed E-state index contributed by atoms with van der Waals surface area (Å²) in [7, 11) is 3.25. The van der Waals surface area contributed by atoms with Crippen LogP contribution in [0.2, 0.25) is 0 Å². The number of nitrogens with one attached hydrogen (secondary N) is 1. The zero-order valence-corrected chi connectivity index (χ0v) is 11.8. The van der Waals surface area contributed by atoms with Crippen LogP contribution in [-0.2, 0) is 0 Å². The van der Waals surface area contributed by atoms with Gasteiger partial charge in [0.2, 0.25) is 0 Å². The molecule has 19 heavy (non-hydrogen) atoms. The molecule has 1 unspecified atom stereocenters. The van der Waals surface area contributed by atoms with Gasteiger partial charge < -0.3 is 24.8 Å². The molecule has 5 heteroatoms.